The molecule has 1 N–H and O–H groups in total. The first kappa shape index (κ1) is 17.1. The summed E-state index contributed by atoms with van der Waals surface area (Å²) >= 11 is 1.24. The van der Waals surface area contributed by atoms with Gasteiger partial charge in [0.05, 0.1) is 5.56 Å². The van der Waals surface area contributed by atoms with Gasteiger partial charge in [0, 0.05) is 35.2 Å². The maximum absolute atomic E-state index is 13.1. The Morgan fingerprint density at radius 2 is 1.89 bits per heavy atom. The molecule has 0 aliphatic carbocycles. The molecule has 0 radical (unpaired) electrons. The van der Waals surface area contributed by atoms with Gasteiger partial charge in [-0.2, -0.15) is 0 Å². The predicted octanol–water partition coefficient (Wildman–Crippen LogP) is 4.11. The molecule has 0 spiro atoms. The molecule has 2 aromatic heterocycles. The molecule has 4 aromatic rings. The monoisotopic (exact) mass is 379 g/mol. The Morgan fingerprint density at radius 3 is 2.63 bits per heavy atom. The zero-order valence-corrected chi connectivity index (χ0v) is 14.9. The number of carbonyl (C=O) groups is 2. The number of nitrogens with one attached hydrogen (secondary N) is 1. The van der Waals surface area contributed by atoms with E-state index in [1.165, 1.54) is 23.5 Å². The normalized spacial score (nSPS) is 10.9. The number of fused-ring (bicyclic) bond motifs is 1. The van der Waals surface area contributed by atoms with E-state index in [1.54, 1.807) is 36.0 Å². The predicted molar refractivity (Wildman–Crippen MR) is 103 cm³/mol. The second-order valence-electron chi connectivity index (χ2n) is 5.93. The topological polar surface area (TPSA) is 64.0 Å². The molecular formula is C20H14FN3O2S. The Labute approximate surface area is 158 Å². The molecule has 0 aliphatic heterocycles. The molecule has 4 rings (SSSR count). The third kappa shape index (κ3) is 3.50. The van der Waals surface area contributed by atoms with Gasteiger partial charge in [0.1, 0.15) is 5.82 Å². The first-order valence-electron chi connectivity index (χ1n) is 8.19. The highest BCUT2D eigenvalue weighted by atomic mass is 32.1. The molecule has 7 heteroatoms. The van der Waals surface area contributed by atoms with Crippen molar-refractivity contribution in [3.63, 3.8) is 0 Å². The van der Waals surface area contributed by atoms with Crippen LogP contribution in [0, 0.1) is 5.82 Å². The van der Waals surface area contributed by atoms with Crippen molar-refractivity contribution in [1.82, 2.24) is 9.55 Å². The number of thiazole rings is 1. The zero-order valence-electron chi connectivity index (χ0n) is 14.1. The number of nitrogens with zero attached hydrogens (tertiary/aromatic N) is 2. The standard InChI is InChI=1S/C20H14FN3O2S/c21-14-7-5-13(6-8-14)11-24-12-16(15-3-1-2-4-17(15)24)18(25)19(26)23-20-22-9-10-27-20/h1-10,12H,11H2,(H,22,23,26). The summed E-state index contributed by atoms with van der Waals surface area (Å²) in [7, 11) is 0. The Morgan fingerprint density at radius 1 is 1.11 bits per heavy atom. The minimum Gasteiger partial charge on any atom is -0.342 e. The van der Waals surface area contributed by atoms with Crippen molar-refractivity contribution >= 4 is 39.1 Å². The van der Waals surface area contributed by atoms with Crippen LogP contribution in [0.3, 0.4) is 0 Å². The number of Topliss-reactive ketones (excluding diaryl/α,β-unsaturated/α-hetero) is 1. The maximum atomic E-state index is 13.1. The molecule has 5 nitrogen and oxygen atoms in total. The summed E-state index contributed by atoms with van der Waals surface area (Å²) in [5, 5.41) is 5.31. The highest BCUT2D eigenvalue weighted by Crippen LogP contribution is 2.23. The molecule has 0 unspecified atom stereocenters. The van der Waals surface area contributed by atoms with E-state index >= 15 is 0 Å². The van der Waals surface area contributed by atoms with E-state index < -0.39 is 11.7 Å². The number of benzene rings is 2. The Kier molecular flexibility index (Phi) is 4.52. The molecule has 2 heterocycles. The van der Waals surface area contributed by atoms with Crippen molar-refractivity contribution in [1.29, 1.82) is 0 Å². The highest BCUT2D eigenvalue weighted by Gasteiger charge is 2.22. The quantitative estimate of drug-likeness (QED) is 0.419. The van der Waals surface area contributed by atoms with E-state index in [4.69, 9.17) is 0 Å². The van der Waals surface area contributed by atoms with Crippen molar-refractivity contribution in [2.75, 3.05) is 5.32 Å². The Balaban J connectivity index is 1.67. The van der Waals surface area contributed by atoms with Crippen LogP contribution >= 0.6 is 11.3 Å². The van der Waals surface area contributed by atoms with E-state index in [9.17, 15) is 14.0 Å². The van der Waals surface area contributed by atoms with Crippen molar-refractivity contribution < 1.29 is 14.0 Å². The maximum Gasteiger partial charge on any atom is 0.298 e. The van der Waals surface area contributed by atoms with Crippen LogP contribution < -0.4 is 5.32 Å². The Hall–Kier alpha value is -3.32. The average Bonchev–Trinajstić information content (AvgIpc) is 3.31. The van der Waals surface area contributed by atoms with Crippen molar-refractivity contribution in [2.45, 2.75) is 6.54 Å². The van der Waals surface area contributed by atoms with Crippen molar-refractivity contribution in [3.05, 3.63) is 83.2 Å². The summed E-state index contributed by atoms with van der Waals surface area (Å²) in [6.07, 6.45) is 3.22. The smallest absolute Gasteiger partial charge is 0.298 e. The minimum atomic E-state index is -0.727. The van der Waals surface area contributed by atoms with Crippen LogP contribution in [0.25, 0.3) is 10.9 Å². The average molecular weight is 379 g/mol. The molecule has 0 bridgehead atoms. The summed E-state index contributed by atoms with van der Waals surface area (Å²) in [5.41, 5.74) is 2.04. The van der Waals surface area contributed by atoms with Gasteiger partial charge in [-0.3, -0.25) is 14.9 Å². The number of hydrogen-bond donors (Lipinski definition) is 1. The van der Waals surface area contributed by atoms with E-state index in [2.05, 4.69) is 10.3 Å². The number of ketones is 1. The molecule has 0 saturated carbocycles. The van der Waals surface area contributed by atoms with Crippen LogP contribution in [0.15, 0.2) is 66.3 Å². The molecule has 1 amide bonds. The summed E-state index contributed by atoms with van der Waals surface area (Å²) in [6.45, 7) is 0.460. The molecule has 0 saturated heterocycles. The van der Waals surface area contributed by atoms with Gasteiger partial charge in [0.2, 0.25) is 0 Å². The second-order valence-corrected chi connectivity index (χ2v) is 6.83. The lowest BCUT2D eigenvalue weighted by atomic mass is 10.1. The summed E-state index contributed by atoms with van der Waals surface area (Å²) in [6, 6.07) is 13.6. The zero-order chi connectivity index (χ0) is 18.8. The van der Waals surface area contributed by atoms with Gasteiger partial charge in [0.15, 0.2) is 5.13 Å². The van der Waals surface area contributed by atoms with Gasteiger partial charge in [0.25, 0.3) is 11.7 Å². The fourth-order valence-corrected chi connectivity index (χ4v) is 3.43. The van der Waals surface area contributed by atoms with Gasteiger partial charge in [-0.15, -0.1) is 11.3 Å². The van der Waals surface area contributed by atoms with Crippen LogP contribution in [-0.2, 0) is 11.3 Å². The second kappa shape index (κ2) is 7.13. The van der Waals surface area contributed by atoms with Crippen LogP contribution in [0.1, 0.15) is 15.9 Å². The molecular weight excluding hydrogens is 365 g/mol. The van der Waals surface area contributed by atoms with Gasteiger partial charge in [-0.05, 0) is 23.8 Å². The van der Waals surface area contributed by atoms with Gasteiger partial charge < -0.3 is 4.57 Å². The lowest BCUT2D eigenvalue weighted by Crippen LogP contribution is -2.22. The lowest BCUT2D eigenvalue weighted by molar-refractivity contribution is -0.112. The molecule has 134 valence electrons. The number of amides is 1. The first-order chi connectivity index (χ1) is 13.1. The number of para-hydroxylation sites is 1. The van der Waals surface area contributed by atoms with E-state index in [0.717, 1.165) is 11.1 Å². The van der Waals surface area contributed by atoms with E-state index in [0.29, 0.717) is 22.6 Å². The number of aromatic nitrogens is 2. The first-order valence-corrected chi connectivity index (χ1v) is 9.07. The van der Waals surface area contributed by atoms with Crippen LogP contribution in [0.2, 0.25) is 0 Å². The van der Waals surface area contributed by atoms with Crippen LogP contribution in [0.5, 0.6) is 0 Å². The largest absolute Gasteiger partial charge is 0.342 e. The number of anilines is 1. The van der Waals surface area contributed by atoms with Crippen molar-refractivity contribution in [3.8, 4) is 0 Å². The van der Waals surface area contributed by atoms with Crippen LogP contribution in [-0.4, -0.2) is 21.2 Å². The number of carbonyl (C=O) groups excluding carboxylic acids is 2. The molecule has 0 atom stereocenters. The fourth-order valence-electron chi connectivity index (χ4n) is 2.91. The molecule has 27 heavy (non-hydrogen) atoms. The number of hydrogen-bond acceptors (Lipinski definition) is 4. The van der Waals surface area contributed by atoms with Crippen molar-refractivity contribution in [2.24, 2.45) is 0 Å². The molecule has 0 aliphatic rings. The fraction of sp³-hybridized carbons (Fsp3) is 0.0500. The van der Waals surface area contributed by atoms with E-state index in [-0.39, 0.29) is 5.82 Å². The summed E-state index contributed by atoms with van der Waals surface area (Å²) < 4.78 is 15.0. The Bertz CT molecular complexity index is 1120. The number of halogens is 1. The minimum absolute atomic E-state index is 0.300. The molecule has 0 fully saturated rings. The van der Waals surface area contributed by atoms with Crippen LogP contribution in [0.4, 0.5) is 9.52 Å². The summed E-state index contributed by atoms with van der Waals surface area (Å²) in [5.74, 6) is -1.65. The highest BCUT2D eigenvalue weighted by molar-refractivity contribution is 7.13. The summed E-state index contributed by atoms with van der Waals surface area (Å²) in [4.78, 5) is 29.0. The van der Waals surface area contributed by atoms with E-state index in [1.807, 2.05) is 22.8 Å². The lowest BCUT2D eigenvalue weighted by Gasteiger charge is -2.05. The van der Waals surface area contributed by atoms with Gasteiger partial charge >= 0.3 is 0 Å². The third-order valence-corrected chi connectivity index (χ3v) is 4.85. The van der Waals surface area contributed by atoms with Gasteiger partial charge in [-0.25, -0.2) is 9.37 Å². The van der Waals surface area contributed by atoms with Gasteiger partial charge in [-0.1, -0.05) is 30.3 Å². The SMILES string of the molecule is O=C(Nc1nccs1)C(=O)c1cn(Cc2ccc(F)cc2)c2ccccc12. The third-order valence-electron chi connectivity index (χ3n) is 4.16. The molecule has 2 aromatic carbocycles. The number of rotatable bonds is 5.